The van der Waals surface area contributed by atoms with Crippen molar-refractivity contribution in [1.29, 1.82) is 0 Å². The van der Waals surface area contributed by atoms with Crippen molar-refractivity contribution in [2.24, 2.45) is 5.73 Å². The van der Waals surface area contributed by atoms with E-state index in [0.29, 0.717) is 25.1 Å². The fourth-order valence-corrected chi connectivity index (χ4v) is 2.25. The number of nitrogens with two attached hydrogens (primary N) is 1. The number of methoxy groups -OCH3 is 1. The second-order valence-electron chi connectivity index (χ2n) is 4.97. The summed E-state index contributed by atoms with van der Waals surface area (Å²) in [6.45, 7) is 0.839. The average molecular weight is 292 g/mol. The van der Waals surface area contributed by atoms with Gasteiger partial charge >= 0.3 is 5.97 Å². The Morgan fingerprint density at radius 1 is 1.33 bits per heavy atom. The lowest BCUT2D eigenvalue weighted by Crippen LogP contribution is -2.35. The molecule has 2 unspecified atom stereocenters. The van der Waals surface area contributed by atoms with Gasteiger partial charge in [-0.2, -0.15) is 0 Å². The minimum Gasteiger partial charge on any atom is -0.465 e. The van der Waals surface area contributed by atoms with E-state index >= 15 is 0 Å². The van der Waals surface area contributed by atoms with Gasteiger partial charge in [-0.05, 0) is 30.5 Å². The van der Waals surface area contributed by atoms with E-state index in [-0.39, 0.29) is 18.0 Å². The summed E-state index contributed by atoms with van der Waals surface area (Å²) in [4.78, 5) is 23.3. The highest BCUT2D eigenvalue weighted by molar-refractivity contribution is 5.89. The second kappa shape index (κ2) is 7.19. The fraction of sp³-hybridized carbons (Fsp3) is 0.467. The maximum atomic E-state index is 12.0. The summed E-state index contributed by atoms with van der Waals surface area (Å²) in [6.07, 6.45) is 1.10. The van der Waals surface area contributed by atoms with Gasteiger partial charge in [0.2, 0.25) is 5.91 Å². The van der Waals surface area contributed by atoms with E-state index in [1.807, 2.05) is 0 Å². The molecule has 1 fully saturated rings. The molecule has 0 bridgehead atoms. The molecule has 1 aromatic carbocycles. The number of amides is 1. The van der Waals surface area contributed by atoms with Gasteiger partial charge in [-0.3, -0.25) is 4.79 Å². The van der Waals surface area contributed by atoms with Crippen LogP contribution in [0.2, 0.25) is 0 Å². The van der Waals surface area contributed by atoms with E-state index < -0.39 is 6.10 Å². The molecular formula is C15H20N2O4. The quantitative estimate of drug-likeness (QED) is 0.775. The summed E-state index contributed by atoms with van der Waals surface area (Å²) in [5, 5.41) is 2.83. The van der Waals surface area contributed by atoms with Crippen LogP contribution in [0.1, 0.15) is 28.8 Å². The lowest BCUT2D eigenvalue weighted by atomic mass is 10.1. The Balaban J connectivity index is 1.83. The topological polar surface area (TPSA) is 90.7 Å². The molecule has 3 N–H and O–H groups in total. The molecule has 6 heteroatoms. The van der Waals surface area contributed by atoms with Crippen molar-refractivity contribution < 1.29 is 19.1 Å². The van der Waals surface area contributed by atoms with Crippen LogP contribution < -0.4 is 11.1 Å². The third-order valence-electron chi connectivity index (χ3n) is 3.50. The Morgan fingerprint density at radius 2 is 2.05 bits per heavy atom. The van der Waals surface area contributed by atoms with Gasteiger partial charge in [-0.1, -0.05) is 12.1 Å². The first-order valence-electron chi connectivity index (χ1n) is 6.94. The molecule has 0 radical (unpaired) electrons. The first kappa shape index (κ1) is 15.5. The average Bonchev–Trinajstić information content (AvgIpc) is 3.01. The monoisotopic (exact) mass is 292 g/mol. The zero-order valence-electron chi connectivity index (χ0n) is 12.0. The molecule has 2 atom stereocenters. The summed E-state index contributed by atoms with van der Waals surface area (Å²) in [7, 11) is 1.34. The van der Waals surface area contributed by atoms with E-state index in [1.165, 1.54) is 7.11 Å². The molecule has 114 valence electrons. The van der Waals surface area contributed by atoms with Gasteiger partial charge in [0.05, 0.1) is 18.8 Å². The van der Waals surface area contributed by atoms with Crippen LogP contribution in [0.4, 0.5) is 0 Å². The summed E-state index contributed by atoms with van der Waals surface area (Å²) < 4.78 is 10.2. The van der Waals surface area contributed by atoms with Crippen LogP contribution in [0.25, 0.3) is 0 Å². The third-order valence-corrected chi connectivity index (χ3v) is 3.50. The molecule has 2 rings (SSSR count). The predicted octanol–water partition coefficient (Wildman–Crippen LogP) is 0.596. The largest absolute Gasteiger partial charge is 0.465 e. The van der Waals surface area contributed by atoms with Crippen LogP contribution in [-0.4, -0.2) is 37.7 Å². The smallest absolute Gasteiger partial charge is 0.337 e. The number of carbonyl (C=O) groups excluding carboxylic acids is 2. The molecule has 0 spiro atoms. The highest BCUT2D eigenvalue weighted by Crippen LogP contribution is 2.19. The molecule has 1 amide bonds. The van der Waals surface area contributed by atoms with Crippen molar-refractivity contribution in [2.45, 2.75) is 31.6 Å². The molecule has 1 saturated heterocycles. The standard InChI is InChI=1S/C15H20N2O4/c1-20-15(19)11-4-2-10(3-5-11)9-17-14(18)13-7-6-12(8-16)21-13/h2-5,12-13H,6-9,16H2,1H3,(H,17,18). The molecule has 21 heavy (non-hydrogen) atoms. The number of ether oxygens (including phenoxy) is 2. The van der Waals surface area contributed by atoms with Crippen LogP contribution in [-0.2, 0) is 20.8 Å². The lowest BCUT2D eigenvalue weighted by Gasteiger charge is -2.12. The van der Waals surface area contributed by atoms with Gasteiger partial charge in [0.1, 0.15) is 6.10 Å². The van der Waals surface area contributed by atoms with Crippen molar-refractivity contribution in [3.8, 4) is 0 Å². The van der Waals surface area contributed by atoms with Gasteiger partial charge in [-0.15, -0.1) is 0 Å². The summed E-state index contributed by atoms with van der Waals surface area (Å²) in [5.74, 6) is -0.499. The maximum Gasteiger partial charge on any atom is 0.337 e. The summed E-state index contributed by atoms with van der Waals surface area (Å²) >= 11 is 0. The first-order chi connectivity index (χ1) is 10.1. The number of benzene rings is 1. The Labute approximate surface area is 123 Å². The molecule has 1 aliphatic heterocycles. The molecular weight excluding hydrogens is 272 g/mol. The fourth-order valence-electron chi connectivity index (χ4n) is 2.25. The van der Waals surface area contributed by atoms with E-state index in [2.05, 4.69) is 10.1 Å². The lowest BCUT2D eigenvalue weighted by molar-refractivity contribution is -0.132. The molecule has 0 saturated carbocycles. The van der Waals surface area contributed by atoms with Crippen LogP contribution in [0.5, 0.6) is 0 Å². The van der Waals surface area contributed by atoms with E-state index in [4.69, 9.17) is 10.5 Å². The van der Waals surface area contributed by atoms with Gasteiger partial charge in [-0.25, -0.2) is 4.79 Å². The van der Waals surface area contributed by atoms with E-state index in [1.54, 1.807) is 24.3 Å². The number of carbonyl (C=O) groups is 2. The van der Waals surface area contributed by atoms with Crippen molar-refractivity contribution >= 4 is 11.9 Å². The number of nitrogens with one attached hydrogen (secondary N) is 1. The van der Waals surface area contributed by atoms with E-state index in [0.717, 1.165) is 12.0 Å². The highest BCUT2D eigenvalue weighted by atomic mass is 16.5. The minimum atomic E-state index is -0.409. The Morgan fingerprint density at radius 3 is 2.62 bits per heavy atom. The second-order valence-corrected chi connectivity index (χ2v) is 4.97. The van der Waals surface area contributed by atoms with Gasteiger partial charge in [0, 0.05) is 13.1 Å². The number of hydrogen-bond donors (Lipinski definition) is 2. The normalized spacial score (nSPS) is 21.0. The van der Waals surface area contributed by atoms with Gasteiger partial charge in [0.15, 0.2) is 0 Å². The van der Waals surface area contributed by atoms with Crippen LogP contribution >= 0.6 is 0 Å². The van der Waals surface area contributed by atoms with Crippen LogP contribution in [0, 0.1) is 0 Å². The Hall–Kier alpha value is -1.92. The SMILES string of the molecule is COC(=O)c1ccc(CNC(=O)C2CCC(CN)O2)cc1. The molecule has 1 aromatic rings. The first-order valence-corrected chi connectivity index (χ1v) is 6.94. The zero-order valence-corrected chi connectivity index (χ0v) is 12.0. The van der Waals surface area contributed by atoms with Crippen molar-refractivity contribution in [2.75, 3.05) is 13.7 Å². The van der Waals surface area contributed by atoms with Gasteiger partial charge in [0.25, 0.3) is 0 Å². The molecule has 0 aromatic heterocycles. The minimum absolute atomic E-state index is 0.0138. The molecule has 1 aliphatic rings. The summed E-state index contributed by atoms with van der Waals surface area (Å²) in [6, 6.07) is 6.91. The van der Waals surface area contributed by atoms with Crippen LogP contribution in [0.3, 0.4) is 0 Å². The molecule has 1 heterocycles. The van der Waals surface area contributed by atoms with Crippen molar-refractivity contribution in [1.82, 2.24) is 5.32 Å². The third kappa shape index (κ3) is 4.03. The number of hydrogen-bond acceptors (Lipinski definition) is 5. The number of rotatable bonds is 5. The van der Waals surface area contributed by atoms with Gasteiger partial charge < -0.3 is 20.5 Å². The predicted molar refractivity (Wildman–Crippen MR) is 76.6 cm³/mol. The molecule has 6 nitrogen and oxygen atoms in total. The van der Waals surface area contributed by atoms with E-state index in [9.17, 15) is 9.59 Å². The molecule has 0 aliphatic carbocycles. The Bertz CT molecular complexity index is 501. The van der Waals surface area contributed by atoms with Crippen molar-refractivity contribution in [3.63, 3.8) is 0 Å². The Kier molecular flexibility index (Phi) is 5.30. The summed E-state index contributed by atoms with van der Waals surface area (Å²) in [5.41, 5.74) is 6.91. The number of esters is 1. The van der Waals surface area contributed by atoms with Crippen LogP contribution in [0.15, 0.2) is 24.3 Å². The zero-order chi connectivity index (χ0) is 15.2. The maximum absolute atomic E-state index is 12.0. The van der Waals surface area contributed by atoms with Crippen molar-refractivity contribution in [3.05, 3.63) is 35.4 Å². The highest BCUT2D eigenvalue weighted by Gasteiger charge is 2.29.